The van der Waals surface area contributed by atoms with Gasteiger partial charge in [-0.15, -0.1) is 0 Å². The van der Waals surface area contributed by atoms with Crippen LogP contribution in [0.4, 0.5) is 0 Å². The molecule has 0 aliphatic carbocycles. The molecule has 0 bridgehead atoms. The Balaban J connectivity index is 1.52. The zero-order chi connectivity index (χ0) is 19.8. The van der Waals surface area contributed by atoms with Gasteiger partial charge in [0.25, 0.3) is 0 Å². The highest BCUT2D eigenvalue weighted by Crippen LogP contribution is 2.37. The van der Waals surface area contributed by atoms with Crippen molar-refractivity contribution in [2.75, 3.05) is 7.11 Å². The van der Waals surface area contributed by atoms with Crippen LogP contribution in [0.1, 0.15) is 17.5 Å². The Labute approximate surface area is 171 Å². The van der Waals surface area contributed by atoms with Crippen molar-refractivity contribution >= 4 is 27.3 Å². The Bertz CT molecular complexity index is 1260. The summed E-state index contributed by atoms with van der Waals surface area (Å²) in [6, 6.07) is 15.8. The Morgan fingerprint density at radius 2 is 2.00 bits per heavy atom. The highest BCUT2D eigenvalue weighted by molar-refractivity contribution is 7.16. The number of fused-ring (bicyclic) bond motifs is 2. The normalized spacial score (nSPS) is 11.4. The predicted octanol–water partition coefficient (Wildman–Crippen LogP) is 5.35. The van der Waals surface area contributed by atoms with Crippen molar-refractivity contribution in [1.82, 2.24) is 14.6 Å². The second-order valence-corrected chi connectivity index (χ2v) is 7.67. The van der Waals surface area contributed by atoms with Crippen LogP contribution in [0.15, 0.2) is 59.1 Å². The molecular weight excluding hydrogens is 386 g/mol. The number of hydrogen-bond donors (Lipinski definition) is 0. The Morgan fingerprint density at radius 1 is 1.14 bits per heavy atom. The van der Waals surface area contributed by atoms with E-state index in [0.717, 1.165) is 33.0 Å². The van der Waals surface area contributed by atoms with E-state index in [1.807, 2.05) is 54.7 Å². The molecule has 2 aromatic carbocycles. The first-order chi connectivity index (χ1) is 14.2. The Hall–Kier alpha value is -3.32. The van der Waals surface area contributed by atoms with Gasteiger partial charge in [0.1, 0.15) is 34.4 Å². The topological polar surface area (TPSA) is 61.8 Å². The van der Waals surface area contributed by atoms with E-state index in [-0.39, 0.29) is 0 Å². The molecule has 29 heavy (non-hydrogen) atoms. The van der Waals surface area contributed by atoms with Gasteiger partial charge < -0.3 is 13.9 Å². The molecule has 3 aromatic heterocycles. The van der Waals surface area contributed by atoms with Crippen molar-refractivity contribution in [3.63, 3.8) is 0 Å². The lowest BCUT2D eigenvalue weighted by Gasteiger charge is -2.09. The molecule has 0 N–H and O–H groups in total. The van der Waals surface area contributed by atoms with Gasteiger partial charge >= 0.3 is 0 Å². The van der Waals surface area contributed by atoms with Gasteiger partial charge in [-0.2, -0.15) is 5.10 Å². The van der Waals surface area contributed by atoms with Crippen molar-refractivity contribution in [3.05, 3.63) is 65.3 Å². The first-order valence-electron chi connectivity index (χ1n) is 9.37. The molecule has 0 aliphatic heterocycles. The van der Waals surface area contributed by atoms with E-state index in [0.29, 0.717) is 29.4 Å². The quantitative estimate of drug-likeness (QED) is 0.381. The summed E-state index contributed by atoms with van der Waals surface area (Å²) >= 11 is 1.59. The molecule has 3 heterocycles. The smallest absolute Gasteiger partial charge is 0.212 e. The summed E-state index contributed by atoms with van der Waals surface area (Å²) in [5, 5.41) is 6.47. The van der Waals surface area contributed by atoms with Crippen LogP contribution in [0, 0.1) is 0 Å². The van der Waals surface area contributed by atoms with E-state index < -0.39 is 0 Å². The molecule has 0 unspecified atom stereocenters. The lowest BCUT2D eigenvalue weighted by molar-refractivity contribution is 0.307. The molecule has 0 fully saturated rings. The molecule has 5 rings (SSSR count). The summed E-state index contributed by atoms with van der Waals surface area (Å²) in [7, 11) is 1.63. The zero-order valence-corrected chi connectivity index (χ0v) is 16.9. The number of aromatic nitrogens is 3. The minimum Gasteiger partial charge on any atom is -0.496 e. The van der Waals surface area contributed by atoms with Crippen molar-refractivity contribution < 1.29 is 13.9 Å². The molecule has 6 nitrogen and oxygen atoms in total. The fourth-order valence-corrected chi connectivity index (χ4v) is 4.00. The maximum Gasteiger partial charge on any atom is 0.212 e. The number of hydrogen-bond acceptors (Lipinski definition) is 6. The van der Waals surface area contributed by atoms with Gasteiger partial charge in [0.15, 0.2) is 5.76 Å². The van der Waals surface area contributed by atoms with Crippen LogP contribution in [-0.2, 0) is 13.0 Å². The van der Waals surface area contributed by atoms with E-state index in [1.54, 1.807) is 23.0 Å². The molecule has 146 valence electrons. The Morgan fingerprint density at radius 3 is 2.76 bits per heavy atom. The van der Waals surface area contributed by atoms with Gasteiger partial charge in [-0.3, -0.25) is 0 Å². The van der Waals surface area contributed by atoms with E-state index in [2.05, 4.69) is 17.0 Å². The summed E-state index contributed by atoms with van der Waals surface area (Å²) in [6.45, 7) is 2.55. The molecule has 5 aromatic rings. The van der Waals surface area contributed by atoms with Crippen LogP contribution in [0.2, 0.25) is 0 Å². The number of aryl methyl sites for hydroxylation is 1. The molecule has 0 radical (unpaired) electrons. The van der Waals surface area contributed by atoms with Crippen LogP contribution in [-0.4, -0.2) is 21.7 Å². The maximum atomic E-state index is 6.10. The largest absolute Gasteiger partial charge is 0.496 e. The lowest BCUT2D eigenvalue weighted by Crippen LogP contribution is -1.96. The SMILES string of the molecule is CCc1nn2cc(-c3cc4c(OCc5ccccc5)cc(OC)cc4o3)nc2s1. The maximum absolute atomic E-state index is 6.10. The molecule has 0 amide bonds. The number of furan rings is 1. The number of rotatable bonds is 6. The van der Waals surface area contributed by atoms with Crippen LogP contribution in [0.25, 0.3) is 27.4 Å². The molecule has 0 atom stereocenters. The summed E-state index contributed by atoms with van der Waals surface area (Å²) < 4.78 is 19.4. The second-order valence-electron chi connectivity index (χ2n) is 6.62. The average Bonchev–Trinajstić information content (AvgIpc) is 3.44. The molecule has 0 aliphatic rings. The number of methoxy groups -OCH3 is 1. The zero-order valence-electron chi connectivity index (χ0n) is 16.1. The van der Waals surface area contributed by atoms with Crippen molar-refractivity contribution in [2.45, 2.75) is 20.0 Å². The fourth-order valence-electron chi connectivity index (χ4n) is 3.18. The third-order valence-corrected chi connectivity index (χ3v) is 5.75. The van der Waals surface area contributed by atoms with Crippen LogP contribution in [0.3, 0.4) is 0 Å². The average molecular weight is 405 g/mol. The third kappa shape index (κ3) is 3.34. The fraction of sp³-hybridized carbons (Fsp3) is 0.182. The Kier molecular flexibility index (Phi) is 4.44. The van der Waals surface area contributed by atoms with Gasteiger partial charge in [0.05, 0.1) is 18.7 Å². The number of benzene rings is 2. The highest BCUT2D eigenvalue weighted by atomic mass is 32.1. The van der Waals surface area contributed by atoms with Gasteiger partial charge in [0, 0.05) is 12.1 Å². The van der Waals surface area contributed by atoms with Crippen LogP contribution in [0.5, 0.6) is 11.5 Å². The molecular formula is C22H19N3O3S. The minimum absolute atomic E-state index is 0.466. The molecule has 0 saturated heterocycles. The standard InChI is InChI=1S/C22H19N3O3S/c1-3-21-24-25-12-17(23-22(25)29-21)20-11-16-18(9-15(26-2)10-19(16)28-20)27-13-14-7-5-4-6-8-14/h4-12H,3,13H2,1-2H3. The highest BCUT2D eigenvalue weighted by Gasteiger charge is 2.16. The summed E-state index contributed by atoms with van der Waals surface area (Å²) in [6.07, 6.45) is 2.79. The van der Waals surface area contributed by atoms with Crippen molar-refractivity contribution in [1.29, 1.82) is 0 Å². The van der Waals surface area contributed by atoms with Gasteiger partial charge in [-0.25, -0.2) is 9.50 Å². The lowest BCUT2D eigenvalue weighted by atomic mass is 10.2. The van der Waals surface area contributed by atoms with E-state index in [4.69, 9.17) is 13.9 Å². The number of imidazole rings is 1. The third-order valence-electron chi connectivity index (χ3n) is 4.69. The summed E-state index contributed by atoms with van der Waals surface area (Å²) in [5.74, 6) is 2.07. The van der Waals surface area contributed by atoms with Crippen molar-refractivity contribution in [2.24, 2.45) is 0 Å². The minimum atomic E-state index is 0.466. The van der Waals surface area contributed by atoms with E-state index >= 15 is 0 Å². The molecule has 0 saturated carbocycles. The van der Waals surface area contributed by atoms with Gasteiger partial charge in [0.2, 0.25) is 4.96 Å². The van der Waals surface area contributed by atoms with Gasteiger partial charge in [-0.05, 0) is 18.1 Å². The molecule has 7 heteroatoms. The van der Waals surface area contributed by atoms with Crippen LogP contribution >= 0.6 is 11.3 Å². The van der Waals surface area contributed by atoms with E-state index in [9.17, 15) is 0 Å². The summed E-state index contributed by atoms with van der Waals surface area (Å²) in [5.41, 5.74) is 2.54. The first kappa shape index (κ1) is 17.8. The second kappa shape index (κ2) is 7.25. The first-order valence-corrected chi connectivity index (χ1v) is 10.2. The summed E-state index contributed by atoms with van der Waals surface area (Å²) in [4.78, 5) is 5.52. The molecule has 0 spiro atoms. The number of nitrogens with zero attached hydrogens (tertiary/aromatic N) is 3. The van der Waals surface area contributed by atoms with Crippen LogP contribution < -0.4 is 9.47 Å². The predicted molar refractivity (Wildman–Crippen MR) is 113 cm³/mol. The monoisotopic (exact) mass is 405 g/mol. The van der Waals surface area contributed by atoms with Gasteiger partial charge in [-0.1, -0.05) is 48.6 Å². The van der Waals surface area contributed by atoms with Crippen molar-refractivity contribution in [3.8, 4) is 23.0 Å². The van der Waals surface area contributed by atoms with E-state index in [1.165, 1.54) is 0 Å². The number of ether oxygens (including phenoxy) is 2.